The summed E-state index contributed by atoms with van der Waals surface area (Å²) in [4.78, 5) is 26.7. The fourth-order valence-electron chi connectivity index (χ4n) is 5.86. The van der Waals surface area contributed by atoms with E-state index in [0.717, 1.165) is 39.1 Å². The van der Waals surface area contributed by atoms with Gasteiger partial charge in [0.2, 0.25) is 5.95 Å². The zero-order valence-electron chi connectivity index (χ0n) is 25.2. The Morgan fingerprint density at radius 3 is 2.73 bits per heavy atom. The van der Waals surface area contributed by atoms with Gasteiger partial charge in [-0.2, -0.15) is 15.3 Å². The maximum Gasteiger partial charge on any atom is 0.410 e. The van der Waals surface area contributed by atoms with Crippen LogP contribution in [-0.2, 0) is 29.5 Å². The second-order valence-corrected chi connectivity index (χ2v) is 12.6. The molecule has 6 rings (SSSR count). The minimum Gasteiger partial charge on any atom is -0.444 e. The molecule has 1 fully saturated rings. The predicted molar refractivity (Wildman–Crippen MR) is 168 cm³/mol. The van der Waals surface area contributed by atoms with Crippen molar-refractivity contribution in [1.82, 2.24) is 24.6 Å². The van der Waals surface area contributed by atoms with Gasteiger partial charge in [-0.3, -0.25) is 4.68 Å². The highest BCUT2D eigenvalue weighted by Crippen LogP contribution is 2.39. The maximum absolute atomic E-state index is 13.0. The van der Waals surface area contributed by atoms with E-state index in [4.69, 9.17) is 31.0 Å². The Labute approximate surface area is 261 Å². The van der Waals surface area contributed by atoms with Gasteiger partial charge in [-0.1, -0.05) is 41.9 Å². The van der Waals surface area contributed by atoms with Crippen molar-refractivity contribution in [2.24, 2.45) is 7.05 Å². The highest BCUT2D eigenvalue weighted by molar-refractivity contribution is 6.35. The lowest BCUT2D eigenvalue weighted by Crippen LogP contribution is -2.56. The molecule has 2 atom stereocenters. The van der Waals surface area contributed by atoms with Crippen molar-refractivity contribution in [2.45, 2.75) is 58.0 Å². The Morgan fingerprint density at radius 1 is 1.20 bits per heavy atom. The summed E-state index contributed by atoms with van der Waals surface area (Å²) in [5, 5.41) is 19.9. The molecule has 1 amide bonds. The topological polar surface area (TPSA) is 121 Å². The molecule has 2 aliphatic rings. The molecule has 0 saturated carbocycles. The van der Waals surface area contributed by atoms with E-state index in [0.29, 0.717) is 43.6 Å². The number of piperazine rings is 1. The zero-order valence-corrected chi connectivity index (χ0v) is 26.0. The summed E-state index contributed by atoms with van der Waals surface area (Å²) in [7, 11) is 1.85. The van der Waals surface area contributed by atoms with Crippen LogP contribution >= 0.6 is 11.6 Å². The standard InChI is InChI=1S/C32H35ClN8O3/c1-32(2,3)44-31(42)41-14-13-40(18-22(41)11-12-34)29-24-19-43-27(23-9-5-7-20-8-6-10-25(33)28(20)23)15-26(24)37-30(38-29)36-21-16-35-39(4)17-21/h5-10,16-17,22,27H,11,13-15,18-19H2,1-4H3,(H,36,37,38)/t22-,27?/m0/s1. The van der Waals surface area contributed by atoms with Crippen LogP contribution in [0.2, 0.25) is 5.02 Å². The van der Waals surface area contributed by atoms with Crippen molar-refractivity contribution >= 4 is 45.9 Å². The Bertz CT molecular complexity index is 1740. The molecule has 1 saturated heterocycles. The molecule has 4 heterocycles. The lowest BCUT2D eigenvalue weighted by Gasteiger charge is -2.42. The normalized spacial score (nSPS) is 18.5. The molecule has 0 bridgehead atoms. The number of amides is 1. The van der Waals surface area contributed by atoms with Gasteiger partial charge in [-0.05, 0) is 37.8 Å². The van der Waals surface area contributed by atoms with Gasteiger partial charge in [0.15, 0.2) is 0 Å². The number of halogens is 1. The summed E-state index contributed by atoms with van der Waals surface area (Å²) in [6.07, 6.45) is 3.60. The first-order valence-electron chi connectivity index (χ1n) is 14.7. The Kier molecular flexibility index (Phi) is 8.05. The maximum atomic E-state index is 13.0. The largest absolute Gasteiger partial charge is 0.444 e. The molecule has 2 aromatic carbocycles. The number of aromatic nitrogens is 4. The first kappa shape index (κ1) is 29.7. The van der Waals surface area contributed by atoms with Crippen LogP contribution in [0.25, 0.3) is 10.8 Å². The smallest absolute Gasteiger partial charge is 0.410 e. The van der Waals surface area contributed by atoms with Crippen LogP contribution in [0.4, 0.5) is 22.2 Å². The summed E-state index contributed by atoms with van der Waals surface area (Å²) >= 11 is 6.67. The Hall–Kier alpha value is -4.40. The SMILES string of the molecule is Cn1cc(Nc2nc3c(c(N4CCN(C(=O)OC(C)(C)C)[C@@H](CC#N)C4)n2)COC(c2cccc4cccc(Cl)c24)C3)cn1. The third kappa shape index (κ3) is 6.14. The van der Waals surface area contributed by atoms with E-state index < -0.39 is 11.7 Å². The fraction of sp³-hybridized carbons (Fsp3) is 0.406. The molecule has 0 aliphatic carbocycles. The number of aryl methyl sites for hydroxylation is 1. The van der Waals surface area contributed by atoms with Crippen LogP contribution in [0.1, 0.15) is 50.1 Å². The second kappa shape index (κ2) is 11.9. The summed E-state index contributed by atoms with van der Waals surface area (Å²) in [5.41, 5.74) is 2.91. The molecule has 2 aliphatic heterocycles. The van der Waals surface area contributed by atoms with Gasteiger partial charge in [0.25, 0.3) is 0 Å². The minimum absolute atomic E-state index is 0.171. The van der Waals surface area contributed by atoms with Crippen molar-refractivity contribution in [3.05, 3.63) is 70.6 Å². The van der Waals surface area contributed by atoms with Crippen LogP contribution in [0.3, 0.4) is 0 Å². The number of fused-ring (bicyclic) bond motifs is 2. The number of benzene rings is 2. The molecule has 12 heteroatoms. The predicted octanol–water partition coefficient (Wildman–Crippen LogP) is 5.91. The van der Waals surface area contributed by atoms with Gasteiger partial charge in [-0.15, -0.1) is 0 Å². The number of carbonyl (C=O) groups is 1. The molecule has 1 N–H and O–H groups in total. The molecule has 2 aromatic heterocycles. The number of anilines is 3. The molecule has 4 aromatic rings. The first-order valence-corrected chi connectivity index (χ1v) is 15.0. The van der Waals surface area contributed by atoms with Crippen LogP contribution in [0, 0.1) is 11.3 Å². The molecular weight excluding hydrogens is 580 g/mol. The number of nitrogens with zero attached hydrogens (tertiary/aromatic N) is 7. The Morgan fingerprint density at radius 2 is 2.00 bits per heavy atom. The summed E-state index contributed by atoms with van der Waals surface area (Å²) in [6, 6.07) is 13.9. The number of rotatable bonds is 5. The molecule has 228 valence electrons. The van der Waals surface area contributed by atoms with Crippen molar-refractivity contribution in [3.8, 4) is 6.07 Å². The highest BCUT2D eigenvalue weighted by atomic mass is 35.5. The number of nitrogens with one attached hydrogen (secondary N) is 1. The van der Waals surface area contributed by atoms with Gasteiger partial charge < -0.3 is 24.6 Å². The zero-order chi connectivity index (χ0) is 31.0. The van der Waals surface area contributed by atoms with Gasteiger partial charge in [0, 0.05) is 55.3 Å². The van der Waals surface area contributed by atoms with E-state index >= 15 is 0 Å². The molecule has 11 nitrogen and oxygen atoms in total. The van der Waals surface area contributed by atoms with Crippen molar-refractivity contribution in [1.29, 1.82) is 5.26 Å². The van der Waals surface area contributed by atoms with E-state index in [1.54, 1.807) is 15.8 Å². The molecule has 1 unspecified atom stereocenters. The van der Waals surface area contributed by atoms with Gasteiger partial charge in [0.1, 0.15) is 11.4 Å². The van der Waals surface area contributed by atoms with E-state index in [2.05, 4.69) is 27.5 Å². The Balaban J connectivity index is 1.35. The van der Waals surface area contributed by atoms with E-state index in [1.165, 1.54) is 0 Å². The van der Waals surface area contributed by atoms with Crippen molar-refractivity contribution in [2.75, 3.05) is 29.9 Å². The van der Waals surface area contributed by atoms with Gasteiger partial charge >= 0.3 is 6.09 Å². The molecular formula is C32H35ClN8O3. The van der Waals surface area contributed by atoms with Crippen LogP contribution in [0.15, 0.2) is 48.8 Å². The fourth-order valence-corrected chi connectivity index (χ4v) is 6.16. The number of hydrogen-bond acceptors (Lipinski definition) is 9. The van der Waals surface area contributed by atoms with Crippen molar-refractivity contribution < 1.29 is 14.3 Å². The number of hydrogen-bond donors (Lipinski definition) is 1. The first-order chi connectivity index (χ1) is 21.1. The van der Waals surface area contributed by atoms with Gasteiger partial charge in [-0.25, -0.2) is 9.78 Å². The van der Waals surface area contributed by atoms with E-state index in [-0.39, 0.29) is 18.6 Å². The number of nitriles is 1. The molecule has 0 spiro atoms. The minimum atomic E-state index is -0.633. The number of ether oxygens (including phenoxy) is 2. The van der Waals surface area contributed by atoms with Crippen molar-refractivity contribution in [3.63, 3.8) is 0 Å². The van der Waals surface area contributed by atoms with E-state index in [9.17, 15) is 10.1 Å². The highest BCUT2D eigenvalue weighted by Gasteiger charge is 2.36. The molecule has 44 heavy (non-hydrogen) atoms. The molecule has 0 radical (unpaired) electrons. The third-order valence-corrected chi connectivity index (χ3v) is 8.12. The average molecular weight is 615 g/mol. The number of carbonyl (C=O) groups excluding carboxylic acids is 1. The van der Waals surface area contributed by atoms with Crippen LogP contribution in [-0.4, -0.2) is 62.0 Å². The lowest BCUT2D eigenvalue weighted by atomic mass is 9.94. The monoisotopic (exact) mass is 614 g/mol. The van der Waals surface area contributed by atoms with E-state index in [1.807, 2.05) is 64.3 Å². The van der Waals surface area contributed by atoms with Crippen LogP contribution < -0.4 is 10.2 Å². The second-order valence-electron chi connectivity index (χ2n) is 12.1. The summed E-state index contributed by atoms with van der Waals surface area (Å²) in [5.74, 6) is 1.16. The van der Waals surface area contributed by atoms with Gasteiger partial charge in [0.05, 0.1) is 48.8 Å². The lowest BCUT2D eigenvalue weighted by molar-refractivity contribution is 0.0141. The quantitative estimate of drug-likeness (QED) is 0.292. The van der Waals surface area contributed by atoms with Crippen LogP contribution in [0.5, 0.6) is 0 Å². The average Bonchev–Trinajstić information content (AvgIpc) is 3.39. The summed E-state index contributed by atoms with van der Waals surface area (Å²) < 4.78 is 13.9. The third-order valence-electron chi connectivity index (χ3n) is 7.81. The summed E-state index contributed by atoms with van der Waals surface area (Å²) in [6.45, 7) is 7.14.